The van der Waals surface area contributed by atoms with Crippen molar-refractivity contribution in [2.75, 3.05) is 5.73 Å². The third-order valence-electron chi connectivity index (χ3n) is 5.33. The van der Waals surface area contributed by atoms with Crippen molar-refractivity contribution in [3.05, 3.63) is 115 Å². The SMILES string of the molecule is Nc1ccccc1-[n+]1ccc(C=Cc2c3ccccc3cc3ccccc23)cc1.[Cl-]. The average molecular weight is 409 g/mol. The number of rotatable bonds is 3. The van der Waals surface area contributed by atoms with Crippen LogP contribution in [0.4, 0.5) is 5.69 Å². The Kier molecular flexibility index (Phi) is 5.51. The largest absolute Gasteiger partial charge is 1.00 e. The van der Waals surface area contributed by atoms with Gasteiger partial charge in [0.2, 0.25) is 5.69 Å². The molecular formula is C27H21ClN2. The standard InChI is InChI=1S/C27H21N2.ClH/c28-26-11-5-6-12-27(26)29-17-15-20(16-18-29)13-14-25-23-9-3-1-7-21(23)19-22-8-2-4-10-24(22)25;/h1-19H,28H2;1H/q+1;/p-1. The maximum atomic E-state index is 6.10. The van der Waals surface area contributed by atoms with Gasteiger partial charge in [0.15, 0.2) is 12.4 Å². The fraction of sp³-hybridized carbons (Fsp3) is 0. The van der Waals surface area contributed by atoms with Crippen LogP contribution in [0.1, 0.15) is 11.1 Å². The Labute approximate surface area is 182 Å². The van der Waals surface area contributed by atoms with E-state index in [4.69, 9.17) is 5.73 Å². The summed E-state index contributed by atoms with van der Waals surface area (Å²) in [4.78, 5) is 0. The lowest BCUT2D eigenvalue weighted by molar-refractivity contribution is -0.594. The van der Waals surface area contributed by atoms with Gasteiger partial charge >= 0.3 is 0 Å². The molecule has 0 aliphatic rings. The number of pyridine rings is 1. The molecule has 0 aliphatic heterocycles. The molecular weight excluding hydrogens is 388 g/mol. The van der Waals surface area contributed by atoms with E-state index in [0.717, 1.165) is 16.9 Å². The first-order valence-electron chi connectivity index (χ1n) is 9.74. The Bertz CT molecular complexity index is 1300. The van der Waals surface area contributed by atoms with Crippen molar-refractivity contribution < 1.29 is 17.0 Å². The second-order valence-corrected chi connectivity index (χ2v) is 7.16. The average Bonchev–Trinajstić information content (AvgIpc) is 2.77. The summed E-state index contributed by atoms with van der Waals surface area (Å²) < 4.78 is 2.04. The van der Waals surface area contributed by atoms with E-state index in [1.807, 2.05) is 41.2 Å². The first kappa shape index (κ1) is 19.7. The van der Waals surface area contributed by atoms with Crippen molar-refractivity contribution >= 4 is 39.4 Å². The molecule has 0 bridgehead atoms. The van der Waals surface area contributed by atoms with Crippen molar-refractivity contribution in [3.63, 3.8) is 0 Å². The lowest BCUT2D eigenvalue weighted by Gasteiger charge is -2.08. The summed E-state index contributed by atoms with van der Waals surface area (Å²) in [5, 5.41) is 5.06. The highest BCUT2D eigenvalue weighted by atomic mass is 35.5. The maximum absolute atomic E-state index is 6.10. The third kappa shape index (κ3) is 3.66. The van der Waals surface area contributed by atoms with Gasteiger partial charge in [-0.1, -0.05) is 72.8 Å². The number of hydrogen-bond acceptors (Lipinski definition) is 1. The normalized spacial score (nSPS) is 11.1. The summed E-state index contributed by atoms with van der Waals surface area (Å²) in [6, 6.07) is 31.5. The number of nitrogens with two attached hydrogens (primary N) is 1. The quantitative estimate of drug-likeness (QED) is 0.277. The Balaban J connectivity index is 0.00000218. The Morgan fingerprint density at radius 3 is 1.83 bits per heavy atom. The molecule has 2 nitrogen and oxygen atoms in total. The highest BCUT2D eigenvalue weighted by Gasteiger charge is 2.09. The van der Waals surface area contributed by atoms with Crippen molar-refractivity contribution in [1.29, 1.82) is 0 Å². The minimum Gasteiger partial charge on any atom is -1.00 e. The second kappa shape index (κ2) is 8.40. The molecule has 146 valence electrons. The van der Waals surface area contributed by atoms with E-state index in [1.165, 1.54) is 27.1 Å². The summed E-state index contributed by atoms with van der Waals surface area (Å²) in [5.41, 5.74) is 10.3. The third-order valence-corrected chi connectivity index (χ3v) is 5.33. The monoisotopic (exact) mass is 408 g/mol. The molecule has 2 N–H and O–H groups in total. The molecule has 1 aromatic heterocycles. The Hall–Kier alpha value is -3.62. The van der Waals surface area contributed by atoms with Gasteiger partial charge in [0.1, 0.15) is 5.69 Å². The first-order valence-corrected chi connectivity index (χ1v) is 9.74. The molecule has 0 saturated carbocycles. The summed E-state index contributed by atoms with van der Waals surface area (Å²) in [5.74, 6) is 0. The lowest BCUT2D eigenvalue weighted by Crippen LogP contribution is -3.00. The molecule has 4 aromatic carbocycles. The lowest BCUT2D eigenvalue weighted by atomic mass is 9.96. The molecule has 0 radical (unpaired) electrons. The number of benzene rings is 4. The van der Waals surface area contributed by atoms with E-state index in [0.29, 0.717) is 0 Å². The minimum absolute atomic E-state index is 0. The number of anilines is 1. The van der Waals surface area contributed by atoms with Crippen LogP contribution < -0.4 is 22.7 Å². The second-order valence-electron chi connectivity index (χ2n) is 7.16. The van der Waals surface area contributed by atoms with Gasteiger partial charge < -0.3 is 18.1 Å². The molecule has 1 heterocycles. The van der Waals surface area contributed by atoms with Gasteiger partial charge in [-0.25, -0.2) is 0 Å². The molecule has 0 spiro atoms. The number of aromatic nitrogens is 1. The molecule has 0 unspecified atom stereocenters. The van der Waals surface area contributed by atoms with Crippen LogP contribution in [0.5, 0.6) is 0 Å². The zero-order valence-corrected chi connectivity index (χ0v) is 17.1. The van der Waals surface area contributed by atoms with Crippen LogP contribution in [0.15, 0.2) is 103 Å². The molecule has 3 heteroatoms. The van der Waals surface area contributed by atoms with E-state index in [9.17, 15) is 0 Å². The van der Waals surface area contributed by atoms with Gasteiger partial charge in [0.25, 0.3) is 0 Å². The van der Waals surface area contributed by atoms with Crippen molar-refractivity contribution in [2.24, 2.45) is 0 Å². The fourth-order valence-corrected chi connectivity index (χ4v) is 3.84. The van der Waals surface area contributed by atoms with Crippen molar-refractivity contribution in [3.8, 4) is 5.69 Å². The van der Waals surface area contributed by atoms with Gasteiger partial charge in [-0.2, -0.15) is 4.57 Å². The number of nitrogens with zero attached hydrogens (tertiary/aromatic N) is 1. The topological polar surface area (TPSA) is 29.9 Å². The van der Waals surface area contributed by atoms with Crippen LogP contribution in [0, 0.1) is 0 Å². The van der Waals surface area contributed by atoms with E-state index in [-0.39, 0.29) is 12.4 Å². The van der Waals surface area contributed by atoms with Gasteiger partial charge in [-0.3, -0.25) is 0 Å². The molecule has 30 heavy (non-hydrogen) atoms. The molecule has 0 fully saturated rings. The van der Waals surface area contributed by atoms with Crippen LogP contribution in [0.2, 0.25) is 0 Å². The molecule has 0 saturated heterocycles. The minimum atomic E-state index is 0. The molecule has 0 aliphatic carbocycles. The highest BCUT2D eigenvalue weighted by Crippen LogP contribution is 2.30. The van der Waals surface area contributed by atoms with E-state index >= 15 is 0 Å². The van der Waals surface area contributed by atoms with Crippen molar-refractivity contribution in [1.82, 2.24) is 0 Å². The van der Waals surface area contributed by atoms with Gasteiger partial charge in [-0.15, -0.1) is 0 Å². The van der Waals surface area contributed by atoms with E-state index in [1.54, 1.807) is 0 Å². The van der Waals surface area contributed by atoms with Crippen LogP contribution in [0.3, 0.4) is 0 Å². The Morgan fingerprint density at radius 1 is 0.633 bits per heavy atom. The molecule has 0 atom stereocenters. The van der Waals surface area contributed by atoms with Gasteiger partial charge in [0, 0.05) is 18.2 Å². The summed E-state index contributed by atoms with van der Waals surface area (Å²) in [7, 11) is 0. The van der Waals surface area contributed by atoms with E-state index < -0.39 is 0 Å². The zero-order chi connectivity index (χ0) is 19.6. The van der Waals surface area contributed by atoms with Crippen LogP contribution in [0.25, 0.3) is 39.4 Å². The summed E-state index contributed by atoms with van der Waals surface area (Å²) in [6.45, 7) is 0. The predicted octanol–water partition coefficient (Wildman–Crippen LogP) is 3.03. The van der Waals surface area contributed by atoms with Crippen LogP contribution in [-0.4, -0.2) is 0 Å². The first-order chi connectivity index (χ1) is 14.3. The fourth-order valence-electron chi connectivity index (χ4n) is 3.84. The maximum Gasteiger partial charge on any atom is 0.233 e. The number of halogens is 1. The highest BCUT2D eigenvalue weighted by molar-refractivity contribution is 6.07. The number of fused-ring (bicyclic) bond motifs is 2. The molecule has 0 amide bonds. The van der Waals surface area contributed by atoms with Crippen LogP contribution >= 0.6 is 0 Å². The summed E-state index contributed by atoms with van der Waals surface area (Å²) >= 11 is 0. The van der Waals surface area contributed by atoms with Crippen LogP contribution in [-0.2, 0) is 0 Å². The number of para-hydroxylation sites is 2. The number of hydrogen-bond donors (Lipinski definition) is 1. The van der Waals surface area contributed by atoms with E-state index in [2.05, 4.69) is 78.9 Å². The molecule has 5 aromatic rings. The Morgan fingerprint density at radius 2 is 1.20 bits per heavy atom. The predicted molar refractivity (Wildman–Crippen MR) is 123 cm³/mol. The van der Waals surface area contributed by atoms with Gasteiger partial charge in [0.05, 0.1) is 0 Å². The number of nitrogen functional groups attached to an aromatic ring is 1. The van der Waals surface area contributed by atoms with Crippen molar-refractivity contribution in [2.45, 2.75) is 0 Å². The summed E-state index contributed by atoms with van der Waals surface area (Å²) in [6.07, 6.45) is 8.49. The van der Waals surface area contributed by atoms with Gasteiger partial charge in [-0.05, 0) is 44.8 Å². The molecule has 5 rings (SSSR count). The zero-order valence-electron chi connectivity index (χ0n) is 16.4. The smallest absolute Gasteiger partial charge is 0.233 e.